The third-order valence-electron chi connectivity index (χ3n) is 4.59. The highest BCUT2D eigenvalue weighted by atomic mass is 16.5. The van der Waals surface area contributed by atoms with Crippen molar-refractivity contribution in [3.8, 4) is 5.75 Å². The highest BCUT2D eigenvalue weighted by molar-refractivity contribution is 6.04. The fourth-order valence-corrected chi connectivity index (χ4v) is 3.10. The average molecular weight is 368 g/mol. The number of hydrogen-bond donors (Lipinski definition) is 1. The summed E-state index contributed by atoms with van der Waals surface area (Å²) in [5.74, 6) is 0.744. The minimum Gasteiger partial charge on any atom is -0.495 e. The lowest BCUT2D eigenvalue weighted by molar-refractivity contribution is -0.122. The first-order chi connectivity index (χ1) is 12.9. The molecule has 0 bridgehead atoms. The Morgan fingerprint density at radius 2 is 2.07 bits per heavy atom. The second-order valence-electron chi connectivity index (χ2n) is 6.87. The van der Waals surface area contributed by atoms with Gasteiger partial charge in [-0.2, -0.15) is 0 Å². The molecule has 1 aliphatic rings. The van der Waals surface area contributed by atoms with Crippen LogP contribution in [-0.4, -0.2) is 44.5 Å². The minimum absolute atomic E-state index is 0.0832. The molecule has 1 N–H and O–H groups in total. The maximum atomic E-state index is 12.6. The number of carbonyl (C=O) groups excluding carboxylic acids is 2. The van der Waals surface area contributed by atoms with E-state index in [0.29, 0.717) is 23.7 Å². The fraction of sp³-hybridized carbons (Fsp3) is 0.350. The van der Waals surface area contributed by atoms with Crippen molar-refractivity contribution in [2.24, 2.45) is 5.92 Å². The van der Waals surface area contributed by atoms with Gasteiger partial charge in [0, 0.05) is 27.1 Å². The van der Waals surface area contributed by atoms with Crippen LogP contribution >= 0.6 is 0 Å². The van der Waals surface area contributed by atoms with Gasteiger partial charge in [-0.05, 0) is 36.8 Å². The number of amides is 2. The first kappa shape index (κ1) is 18.7. The summed E-state index contributed by atoms with van der Waals surface area (Å²) >= 11 is 0. The van der Waals surface area contributed by atoms with Gasteiger partial charge in [0.25, 0.3) is 0 Å². The lowest BCUT2D eigenvalue weighted by Crippen LogP contribution is -2.28. The molecule has 0 unspecified atom stereocenters. The normalized spacial score (nSPS) is 16.4. The van der Waals surface area contributed by atoms with E-state index in [1.54, 1.807) is 24.3 Å². The van der Waals surface area contributed by atoms with Gasteiger partial charge in [-0.15, -0.1) is 0 Å². The van der Waals surface area contributed by atoms with Gasteiger partial charge in [0.2, 0.25) is 11.8 Å². The number of anilines is 3. The maximum Gasteiger partial charge on any atom is 0.229 e. The minimum atomic E-state index is -0.420. The number of benzene rings is 1. The molecular formula is C20H24N4O3. The first-order valence-corrected chi connectivity index (χ1v) is 8.78. The van der Waals surface area contributed by atoms with Gasteiger partial charge in [0.15, 0.2) is 0 Å². The molecule has 1 fully saturated rings. The number of pyridine rings is 1. The van der Waals surface area contributed by atoms with E-state index in [9.17, 15) is 9.59 Å². The monoisotopic (exact) mass is 368 g/mol. The number of rotatable bonds is 5. The van der Waals surface area contributed by atoms with Crippen molar-refractivity contribution < 1.29 is 14.3 Å². The van der Waals surface area contributed by atoms with E-state index in [-0.39, 0.29) is 18.2 Å². The van der Waals surface area contributed by atoms with Crippen molar-refractivity contribution in [1.82, 2.24) is 4.98 Å². The average Bonchev–Trinajstić information content (AvgIpc) is 3.04. The number of nitrogens with one attached hydrogen (secondary N) is 1. The van der Waals surface area contributed by atoms with Gasteiger partial charge in [0.05, 0.1) is 30.6 Å². The fourth-order valence-electron chi connectivity index (χ4n) is 3.10. The molecule has 1 aromatic carbocycles. The number of methoxy groups -OCH3 is 1. The number of aromatic nitrogens is 1. The lowest BCUT2D eigenvalue weighted by atomic mass is 10.1. The van der Waals surface area contributed by atoms with Crippen LogP contribution in [0.25, 0.3) is 0 Å². The summed E-state index contributed by atoms with van der Waals surface area (Å²) in [6.45, 7) is 2.28. The van der Waals surface area contributed by atoms with Gasteiger partial charge in [-0.1, -0.05) is 6.07 Å². The molecule has 0 saturated carbocycles. The van der Waals surface area contributed by atoms with Crippen LogP contribution in [0.4, 0.5) is 17.2 Å². The Morgan fingerprint density at radius 1 is 1.30 bits per heavy atom. The molecule has 142 valence electrons. The molecular weight excluding hydrogens is 344 g/mol. The molecule has 1 saturated heterocycles. The Labute approximate surface area is 158 Å². The van der Waals surface area contributed by atoms with E-state index in [4.69, 9.17) is 4.74 Å². The van der Waals surface area contributed by atoms with Crippen molar-refractivity contribution in [1.29, 1.82) is 0 Å². The van der Waals surface area contributed by atoms with Crippen LogP contribution in [0.2, 0.25) is 0 Å². The Balaban J connectivity index is 1.71. The molecule has 2 amide bonds. The van der Waals surface area contributed by atoms with Crippen LogP contribution in [0.3, 0.4) is 0 Å². The molecule has 1 aromatic heterocycles. The molecule has 3 rings (SSSR count). The Bertz CT molecular complexity index is 849. The van der Waals surface area contributed by atoms with E-state index in [0.717, 1.165) is 11.4 Å². The van der Waals surface area contributed by atoms with Crippen LogP contribution in [0, 0.1) is 12.8 Å². The number of aryl methyl sites for hydroxylation is 1. The molecule has 2 heterocycles. The third-order valence-corrected chi connectivity index (χ3v) is 4.59. The summed E-state index contributed by atoms with van der Waals surface area (Å²) in [4.78, 5) is 32.9. The molecule has 7 heteroatoms. The molecule has 27 heavy (non-hydrogen) atoms. The maximum absolute atomic E-state index is 12.6. The first-order valence-electron chi connectivity index (χ1n) is 8.78. The summed E-state index contributed by atoms with van der Waals surface area (Å²) in [6.07, 6.45) is 1.79. The number of nitrogens with zero attached hydrogens (tertiary/aromatic N) is 3. The summed E-state index contributed by atoms with van der Waals surface area (Å²) < 4.78 is 5.38. The van der Waals surface area contributed by atoms with Crippen molar-refractivity contribution >= 4 is 29.0 Å². The van der Waals surface area contributed by atoms with Crippen molar-refractivity contribution in [2.75, 3.05) is 42.9 Å². The van der Waals surface area contributed by atoms with Crippen molar-refractivity contribution in [3.05, 3.63) is 42.1 Å². The summed E-state index contributed by atoms with van der Waals surface area (Å²) in [5.41, 5.74) is 2.35. The highest BCUT2D eigenvalue weighted by Crippen LogP contribution is 2.34. The summed E-state index contributed by atoms with van der Waals surface area (Å²) in [5, 5.41) is 2.85. The third kappa shape index (κ3) is 4.02. The van der Waals surface area contributed by atoms with Crippen LogP contribution in [-0.2, 0) is 9.59 Å². The number of hydrogen-bond acceptors (Lipinski definition) is 5. The van der Waals surface area contributed by atoms with Crippen molar-refractivity contribution in [2.45, 2.75) is 13.3 Å². The van der Waals surface area contributed by atoms with Gasteiger partial charge < -0.3 is 19.9 Å². The highest BCUT2D eigenvalue weighted by Gasteiger charge is 2.36. The van der Waals surface area contributed by atoms with E-state index in [2.05, 4.69) is 10.3 Å². The smallest absolute Gasteiger partial charge is 0.229 e. The zero-order valence-corrected chi connectivity index (χ0v) is 16.0. The SMILES string of the molecule is COc1ccc(C)cc1N1C[C@H](C(=O)Nc2ccc(N(C)C)nc2)CC1=O. The Kier molecular flexibility index (Phi) is 5.30. The van der Waals surface area contributed by atoms with Crippen LogP contribution in [0.5, 0.6) is 5.75 Å². The van der Waals surface area contributed by atoms with Gasteiger partial charge >= 0.3 is 0 Å². The van der Waals surface area contributed by atoms with E-state index < -0.39 is 5.92 Å². The second-order valence-corrected chi connectivity index (χ2v) is 6.87. The Hall–Kier alpha value is -3.09. The van der Waals surface area contributed by atoms with E-state index >= 15 is 0 Å². The number of ether oxygens (including phenoxy) is 1. The number of carbonyl (C=O) groups is 2. The standard InChI is InChI=1S/C20H24N4O3/c1-13-5-7-17(27-4)16(9-13)24-12-14(10-19(24)25)20(26)22-15-6-8-18(21-11-15)23(2)3/h5-9,11,14H,10,12H2,1-4H3,(H,22,26)/t14-/m1/s1. The molecule has 7 nitrogen and oxygen atoms in total. The lowest BCUT2D eigenvalue weighted by Gasteiger charge is -2.20. The summed E-state index contributed by atoms with van der Waals surface area (Å²) in [6, 6.07) is 9.30. The van der Waals surface area contributed by atoms with Crippen LogP contribution in [0.15, 0.2) is 36.5 Å². The van der Waals surface area contributed by atoms with Gasteiger partial charge in [-0.25, -0.2) is 4.98 Å². The topological polar surface area (TPSA) is 74.8 Å². The van der Waals surface area contributed by atoms with Crippen molar-refractivity contribution in [3.63, 3.8) is 0 Å². The molecule has 1 atom stereocenters. The zero-order valence-electron chi connectivity index (χ0n) is 16.0. The van der Waals surface area contributed by atoms with Crippen LogP contribution in [0.1, 0.15) is 12.0 Å². The zero-order chi connectivity index (χ0) is 19.6. The summed E-state index contributed by atoms with van der Waals surface area (Å²) in [7, 11) is 5.38. The largest absolute Gasteiger partial charge is 0.495 e. The van der Waals surface area contributed by atoms with Gasteiger partial charge in [0.1, 0.15) is 11.6 Å². The second kappa shape index (κ2) is 7.65. The molecule has 0 aliphatic carbocycles. The predicted octanol–water partition coefficient (Wildman–Crippen LogP) is 2.46. The predicted molar refractivity (Wildman–Crippen MR) is 105 cm³/mol. The van der Waals surface area contributed by atoms with Crippen LogP contribution < -0.4 is 19.9 Å². The quantitative estimate of drug-likeness (QED) is 0.877. The molecule has 1 aliphatic heterocycles. The van der Waals surface area contributed by atoms with Gasteiger partial charge in [-0.3, -0.25) is 9.59 Å². The molecule has 0 radical (unpaired) electrons. The van der Waals surface area contributed by atoms with E-state index in [1.807, 2.05) is 50.2 Å². The molecule has 0 spiro atoms. The van der Waals surface area contributed by atoms with E-state index in [1.165, 1.54) is 0 Å². The Morgan fingerprint density at radius 3 is 2.70 bits per heavy atom. The molecule has 2 aromatic rings.